The molecule has 1 aliphatic rings. The van der Waals surface area contributed by atoms with E-state index in [2.05, 4.69) is 0 Å². The smallest absolute Gasteiger partial charge is 0.129 e. The molecule has 2 rings (SSSR count). The Hall–Kier alpha value is -1.00. The summed E-state index contributed by atoms with van der Waals surface area (Å²) < 4.78 is 25.9. The largest absolute Gasteiger partial charge is 0.389 e. The molecule has 1 aliphatic carbocycles. The van der Waals surface area contributed by atoms with E-state index >= 15 is 0 Å². The fraction of sp³-hybridized carbons (Fsp3) is 0.455. The molecule has 1 fully saturated rings. The first-order chi connectivity index (χ1) is 6.98. The number of benzene rings is 1. The topological polar surface area (TPSA) is 46.2 Å². The van der Waals surface area contributed by atoms with Gasteiger partial charge in [0.1, 0.15) is 11.6 Å². The third-order valence-corrected chi connectivity index (χ3v) is 2.82. The van der Waals surface area contributed by atoms with Crippen LogP contribution in [0.1, 0.15) is 18.4 Å². The van der Waals surface area contributed by atoms with Gasteiger partial charge in [0.2, 0.25) is 0 Å². The van der Waals surface area contributed by atoms with Crippen LogP contribution in [0.3, 0.4) is 0 Å². The molecule has 0 amide bonds. The monoisotopic (exact) mass is 213 g/mol. The summed E-state index contributed by atoms with van der Waals surface area (Å²) in [7, 11) is 0. The third kappa shape index (κ3) is 2.16. The van der Waals surface area contributed by atoms with Gasteiger partial charge in [-0.25, -0.2) is 8.78 Å². The Balaban J connectivity index is 2.11. The Morgan fingerprint density at radius 3 is 2.60 bits per heavy atom. The van der Waals surface area contributed by atoms with Crippen LogP contribution < -0.4 is 5.73 Å². The molecule has 0 unspecified atom stereocenters. The zero-order valence-electron chi connectivity index (χ0n) is 8.21. The number of rotatable bonds is 2. The van der Waals surface area contributed by atoms with Gasteiger partial charge in [-0.1, -0.05) is 6.07 Å². The normalized spacial score (nSPS) is 30.0. The van der Waals surface area contributed by atoms with Gasteiger partial charge in [-0.15, -0.1) is 0 Å². The molecule has 1 aromatic carbocycles. The highest BCUT2D eigenvalue weighted by Gasteiger charge is 2.40. The van der Waals surface area contributed by atoms with Crippen LogP contribution in [0.2, 0.25) is 0 Å². The maximum atomic E-state index is 13.3. The molecule has 0 atom stereocenters. The average molecular weight is 213 g/mol. The second-order valence-corrected chi connectivity index (χ2v) is 4.31. The highest BCUT2D eigenvalue weighted by atomic mass is 19.1. The van der Waals surface area contributed by atoms with Crippen LogP contribution in [-0.2, 0) is 6.42 Å². The van der Waals surface area contributed by atoms with Crippen LogP contribution in [0, 0.1) is 11.6 Å². The van der Waals surface area contributed by atoms with E-state index in [9.17, 15) is 13.9 Å². The Morgan fingerprint density at radius 1 is 1.40 bits per heavy atom. The molecule has 0 aliphatic heterocycles. The Bertz CT molecular complexity index is 375. The highest BCUT2D eigenvalue weighted by Crippen LogP contribution is 2.34. The summed E-state index contributed by atoms with van der Waals surface area (Å²) in [5, 5.41) is 9.89. The van der Waals surface area contributed by atoms with Crippen molar-refractivity contribution in [1.82, 2.24) is 0 Å². The Labute approximate surface area is 86.7 Å². The maximum absolute atomic E-state index is 13.3. The van der Waals surface area contributed by atoms with Crippen molar-refractivity contribution in [2.24, 2.45) is 5.73 Å². The van der Waals surface area contributed by atoms with Crippen LogP contribution in [0.25, 0.3) is 0 Å². The standard InChI is InChI=1S/C11H13F2NO/c12-8-2-1-7(10(13)3-8)4-11(15)5-9(14)6-11/h1-3,9,15H,4-6,14H2. The van der Waals surface area contributed by atoms with Crippen molar-refractivity contribution in [1.29, 1.82) is 0 Å². The quantitative estimate of drug-likeness (QED) is 0.779. The minimum absolute atomic E-state index is 0.00138. The van der Waals surface area contributed by atoms with Crippen LogP contribution >= 0.6 is 0 Å². The van der Waals surface area contributed by atoms with Crippen molar-refractivity contribution in [3.05, 3.63) is 35.4 Å². The van der Waals surface area contributed by atoms with E-state index in [0.29, 0.717) is 18.4 Å². The first-order valence-corrected chi connectivity index (χ1v) is 4.90. The minimum Gasteiger partial charge on any atom is -0.389 e. The average Bonchev–Trinajstić information content (AvgIpc) is 2.08. The van der Waals surface area contributed by atoms with Gasteiger partial charge in [-0.3, -0.25) is 0 Å². The van der Waals surface area contributed by atoms with Crippen LogP contribution in [0.5, 0.6) is 0 Å². The molecule has 1 saturated carbocycles. The van der Waals surface area contributed by atoms with E-state index < -0.39 is 17.2 Å². The maximum Gasteiger partial charge on any atom is 0.129 e. The van der Waals surface area contributed by atoms with Gasteiger partial charge in [0.05, 0.1) is 5.60 Å². The summed E-state index contributed by atoms with van der Waals surface area (Å²) in [6.07, 6.45) is 1.15. The zero-order valence-corrected chi connectivity index (χ0v) is 8.21. The molecule has 2 nitrogen and oxygen atoms in total. The van der Waals surface area contributed by atoms with Gasteiger partial charge in [0, 0.05) is 18.5 Å². The van der Waals surface area contributed by atoms with E-state index in [1.807, 2.05) is 0 Å². The Morgan fingerprint density at radius 2 is 2.07 bits per heavy atom. The lowest BCUT2D eigenvalue weighted by molar-refractivity contribution is -0.0461. The SMILES string of the molecule is NC1CC(O)(Cc2ccc(F)cc2F)C1. The summed E-state index contributed by atoms with van der Waals surface area (Å²) in [6, 6.07) is 3.39. The molecular formula is C11H13F2NO. The van der Waals surface area contributed by atoms with E-state index in [0.717, 1.165) is 6.07 Å². The summed E-state index contributed by atoms with van der Waals surface area (Å²) in [5.41, 5.74) is 4.99. The fourth-order valence-corrected chi connectivity index (χ4v) is 2.08. The number of aliphatic hydroxyl groups is 1. The van der Waals surface area contributed by atoms with Crippen molar-refractivity contribution in [2.45, 2.75) is 30.9 Å². The van der Waals surface area contributed by atoms with Gasteiger partial charge < -0.3 is 10.8 Å². The van der Waals surface area contributed by atoms with E-state index in [1.165, 1.54) is 12.1 Å². The molecule has 4 heteroatoms. The molecule has 1 aromatic rings. The Kier molecular flexibility index (Phi) is 2.48. The van der Waals surface area contributed by atoms with Gasteiger partial charge in [-0.2, -0.15) is 0 Å². The van der Waals surface area contributed by atoms with Gasteiger partial charge in [-0.05, 0) is 24.5 Å². The van der Waals surface area contributed by atoms with Gasteiger partial charge >= 0.3 is 0 Å². The summed E-state index contributed by atoms with van der Waals surface area (Å²) >= 11 is 0. The molecule has 0 saturated heterocycles. The summed E-state index contributed by atoms with van der Waals surface area (Å²) in [5.74, 6) is -1.21. The van der Waals surface area contributed by atoms with Crippen molar-refractivity contribution in [3.8, 4) is 0 Å². The van der Waals surface area contributed by atoms with Gasteiger partial charge in [0.25, 0.3) is 0 Å². The lowest BCUT2D eigenvalue weighted by atomic mass is 9.72. The van der Waals surface area contributed by atoms with Crippen LogP contribution in [0.15, 0.2) is 18.2 Å². The predicted molar refractivity (Wildman–Crippen MR) is 52.2 cm³/mol. The predicted octanol–water partition coefficient (Wildman–Crippen LogP) is 1.36. The summed E-state index contributed by atoms with van der Waals surface area (Å²) in [6.45, 7) is 0. The molecule has 3 N–H and O–H groups in total. The van der Waals surface area contributed by atoms with Crippen molar-refractivity contribution >= 4 is 0 Å². The van der Waals surface area contributed by atoms with Crippen molar-refractivity contribution in [3.63, 3.8) is 0 Å². The van der Waals surface area contributed by atoms with Crippen LogP contribution in [0.4, 0.5) is 8.78 Å². The molecular weight excluding hydrogens is 200 g/mol. The molecule has 0 radical (unpaired) electrons. The second-order valence-electron chi connectivity index (χ2n) is 4.31. The first-order valence-electron chi connectivity index (χ1n) is 4.90. The molecule has 0 heterocycles. The second kappa shape index (κ2) is 3.54. The van der Waals surface area contributed by atoms with E-state index in [1.54, 1.807) is 0 Å². The van der Waals surface area contributed by atoms with Crippen molar-refractivity contribution < 1.29 is 13.9 Å². The molecule has 0 aromatic heterocycles. The third-order valence-electron chi connectivity index (χ3n) is 2.82. The lowest BCUT2D eigenvalue weighted by Crippen LogP contribution is -2.52. The number of hydrogen-bond donors (Lipinski definition) is 2. The summed E-state index contributed by atoms with van der Waals surface area (Å²) in [4.78, 5) is 0. The highest BCUT2D eigenvalue weighted by molar-refractivity contribution is 5.22. The van der Waals surface area contributed by atoms with Crippen LogP contribution in [-0.4, -0.2) is 16.7 Å². The van der Waals surface area contributed by atoms with Gasteiger partial charge in [0.15, 0.2) is 0 Å². The molecule has 0 spiro atoms. The first kappa shape index (κ1) is 10.5. The number of hydrogen-bond acceptors (Lipinski definition) is 2. The molecule has 82 valence electrons. The number of halogens is 2. The van der Waals surface area contributed by atoms with E-state index in [4.69, 9.17) is 5.73 Å². The molecule has 0 bridgehead atoms. The fourth-order valence-electron chi connectivity index (χ4n) is 2.08. The minimum atomic E-state index is -0.905. The zero-order chi connectivity index (χ0) is 11.1. The lowest BCUT2D eigenvalue weighted by Gasteiger charge is -2.42. The van der Waals surface area contributed by atoms with Crippen molar-refractivity contribution in [2.75, 3.05) is 0 Å². The molecule has 15 heavy (non-hydrogen) atoms. The van der Waals surface area contributed by atoms with E-state index in [-0.39, 0.29) is 12.5 Å². The number of nitrogens with two attached hydrogens (primary N) is 1.